The molecule has 1 unspecified atom stereocenters. The van der Waals surface area contributed by atoms with Crippen LogP contribution in [0.15, 0.2) is 67.0 Å². The van der Waals surface area contributed by atoms with E-state index in [1.165, 1.54) is 0 Å². The van der Waals surface area contributed by atoms with E-state index in [2.05, 4.69) is 15.6 Å². The van der Waals surface area contributed by atoms with Gasteiger partial charge in [0.05, 0.1) is 11.3 Å². The minimum absolute atomic E-state index is 0.249. The predicted molar refractivity (Wildman–Crippen MR) is 105 cm³/mol. The summed E-state index contributed by atoms with van der Waals surface area (Å²) in [5.74, 6) is -0.566. The van der Waals surface area contributed by atoms with E-state index < -0.39 is 6.04 Å². The second-order valence-electron chi connectivity index (χ2n) is 6.35. The Labute approximate surface area is 161 Å². The van der Waals surface area contributed by atoms with Gasteiger partial charge in [0.1, 0.15) is 6.04 Å². The number of rotatable bonds is 3. The molecular formula is C21H16ClN3O2. The molecule has 6 heteroatoms. The van der Waals surface area contributed by atoms with Crippen LogP contribution in [0.1, 0.15) is 15.9 Å². The number of aromatic nitrogens is 1. The van der Waals surface area contributed by atoms with Crippen LogP contribution in [0, 0.1) is 0 Å². The zero-order chi connectivity index (χ0) is 18.8. The van der Waals surface area contributed by atoms with Crippen molar-refractivity contribution in [2.45, 2.75) is 12.5 Å². The van der Waals surface area contributed by atoms with Crippen molar-refractivity contribution in [3.05, 3.63) is 83.1 Å². The van der Waals surface area contributed by atoms with E-state index in [0.29, 0.717) is 22.7 Å². The third-order valence-electron chi connectivity index (χ3n) is 4.49. The van der Waals surface area contributed by atoms with Crippen LogP contribution in [0.3, 0.4) is 0 Å². The summed E-state index contributed by atoms with van der Waals surface area (Å²) in [6.07, 6.45) is 3.93. The average molecular weight is 378 g/mol. The lowest BCUT2D eigenvalue weighted by molar-refractivity contribution is -0.117. The number of nitrogens with zero attached hydrogens (tertiary/aromatic N) is 1. The number of hydrogen-bond donors (Lipinski definition) is 2. The van der Waals surface area contributed by atoms with Crippen LogP contribution < -0.4 is 10.6 Å². The molecule has 2 amide bonds. The van der Waals surface area contributed by atoms with Crippen LogP contribution in [0.4, 0.5) is 5.69 Å². The molecule has 1 aliphatic heterocycles. The van der Waals surface area contributed by atoms with Crippen molar-refractivity contribution < 1.29 is 9.59 Å². The van der Waals surface area contributed by atoms with Crippen molar-refractivity contribution in [3.8, 4) is 11.1 Å². The number of anilines is 1. The number of halogens is 1. The van der Waals surface area contributed by atoms with Crippen LogP contribution >= 0.6 is 11.6 Å². The van der Waals surface area contributed by atoms with Gasteiger partial charge in [0.25, 0.3) is 5.91 Å². The summed E-state index contributed by atoms with van der Waals surface area (Å²) in [5.41, 5.74) is 3.86. The SMILES string of the molecule is O=C1NC(Cc2ccc(-c3cccnc3)cc2)C(=O)Nc2ccc(Cl)cc21. The molecule has 0 bridgehead atoms. The van der Waals surface area contributed by atoms with Crippen molar-refractivity contribution in [2.24, 2.45) is 0 Å². The topological polar surface area (TPSA) is 71.1 Å². The summed E-state index contributed by atoms with van der Waals surface area (Å²) >= 11 is 5.97. The van der Waals surface area contributed by atoms with E-state index >= 15 is 0 Å². The fraction of sp³-hybridized carbons (Fsp3) is 0.0952. The van der Waals surface area contributed by atoms with Gasteiger partial charge in [-0.3, -0.25) is 14.6 Å². The van der Waals surface area contributed by atoms with Gasteiger partial charge in [0, 0.05) is 23.8 Å². The molecule has 1 atom stereocenters. The monoisotopic (exact) mass is 377 g/mol. The van der Waals surface area contributed by atoms with E-state index in [1.54, 1.807) is 30.6 Å². The minimum atomic E-state index is -0.659. The molecule has 134 valence electrons. The number of pyridine rings is 1. The van der Waals surface area contributed by atoms with E-state index in [-0.39, 0.29) is 11.8 Å². The van der Waals surface area contributed by atoms with Gasteiger partial charge in [-0.15, -0.1) is 0 Å². The maximum Gasteiger partial charge on any atom is 0.254 e. The molecule has 1 aliphatic rings. The molecule has 5 nitrogen and oxygen atoms in total. The largest absolute Gasteiger partial charge is 0.340 e. The van der Waals surface area contributed by atoms with Gasteiger partial charge in [0.15, 0.2) is 0 Å². The van der Waals surface area contributed by atoms with Gasteiger partial charge in [-0.25, -0.2) is 0 Å². The quantitative estimate of drug-likeness (QED) is 0.731. The third-order valence-corrected chi connectivity index (χ3v) is 4.73. The lowest BCUT2D eigenvalue weighted by Gasteiger charge is -2.15. The lowest BCUT2D eigenvalue weighted by Crippen LogP contribution is -2.42. The summed E-state index contributed by atoms with van der Waals surface area (Å²) in [5, 5.41) is 6.03. The zero-order valence-corrected chi connectivity index (χ0v) is 15.0. The summed E-state index contributed by atoms with van der Waals surface area (Å²) in [7, 11) is 0. The van der Waals surface area contributed by atoms with E-state index in [9.17, 15) is 9.59 Å². The van der Waals surface area contributed by atoms with Crippen molar-refractivity contribution in [1.29, 1.82) is 0 Å². The number of carbonyl (C=O) groups is 2. The van der Waals surface area contributed by atoms with E-state index in [0.717, 1.165) is 16.7 Å². The molecule has 1 aromatic heterocycles. The molecule has 4 rings (SSSR count). The van der Waals surface area contributed by atoms with Gasteiger partial charge < -0.3 is 10.6 Å². The molecule has 27 heavy (non-hydrogen) atoms. The fourth-order valence-electron chi connectivity index (χ4n) is 3.08. The van der Waals surface area contributed by atoms with Crippen molar-refractivity contribution in [3.63, 3.8) is 0 Å². The first-order valence-corrected chi connectivity index (χ1v) is 8.88. The maximum absolute atomic E-state index is 12.5. The molecule has 0 saturated carbocycles. The van der Waals surface area contributed by atoms with Crippen LogP contribution in [0.2, 0.25) is 5.02 Å². The standard InChI is InChI=1S/C21H16ClN3O2/c22-16-7-8-18-17(11-16)20(26)25-19(21(27)24-18)10-13-3-5-14(6-4-13)15-2-1-9-23-12-15/h1-9,11-12,19H,10H2,(H,24,27)(H,25,26). The Bertz CT molecular complexity index is 1000. The summed E-state index contributed by atoms with van der Waals surface area (Å²) in [4.78, 5) is 29.1. The molecule has 0 radical (unpaired) electrons. The Kier molecular flexibility index (Phi) is 4.60. The van der Waals surface area contributed by atoms with E-state index in [1.807, 2.05) is 36.4 Å². The molecule has 2 aromatic carbocycles. The van der Waals surface area contributed by atoms with Crippen LogP contribution in [0.25, 0.3) is 11.1 Å². The van der Waals surface area contributed by atoms with Crippen LogP contribution in [-0.2, 0) is 11.2 Å². The van der Waals surface area contributed by atoms with Gasteiger partial charge >= 0.3 is 0 Å². The smallest absolute Gasteiger partial charge is 0.254 e. The molecule has 0 aliphatic carbocycles. The number of nitrogens with one attached hydrogen (secondary N) is 2. The average Bonchev–Trinajstić information content (AvgIpc) is 2.80. The van der Waals surface area contributed by atoms with E-state index in [4.69, 9.17) is 11.6 Å². The molecule has 2 heterocycles. The van der Waals surface area contributed by atoms with Gasteiger partial charge in [-0.2, -0.15) is 0 Å². The summed E-state index contributed by atoms with van der Waals surface area (Å²) in [6.45, 7) is 0. The number of benzene rings is 2. The maximum atomic E-state index is 12.5. The molecule has 0 saturated heterocycles. The molecular weight excluding hydrogens is 362 g/mol. The van der Waals surface area contributed by atoms with Crippen LogP contribution in [-0.4, -0.2) is 22.8 Å². The van der Waals surface area contributed by atoms with Gasteiger partial charge in [-0.1, -0.05) is 41.9 Å². The predicted octanol–water partition coefficient (Wildman–Crippen LogP) is 3.70. The second-order valence-corrected chi connectivity index (χ2v) is 6.78. The fourth-order valence-corrected chi connectivity index (χ4v) is 3.25. The zero-order valence-electron chi connectivity index (χ0n) is 14.3. The Morgan fingerprint density at radius 2 is 1.81 bits per heavy atom. The number of fused-ring (bicyclic) bond motifs is 1. The Balaban J connectivity index is 1.53. The number of carbonyl (C=O) groups excluding carboxylic acids is 2. The normalized spacial score (nSPS) is 16.1. The third kappa shape index (κ3) is 3.68. The van der Waals surface area contributed by atoms with Crippen molar-refractivity contribution in [2.75, 3.05) is 5.32 Å². The summed E-state index contributed by atoms with van der Waals surface area (Å²) < 4.78 is 0. The highest BCUT2D eigenvalue weighted by molar-refractivity contribution is 6.31. The molecule has 2 N–H and O–H groups in total. The first kappa shape index (κ1) is 17.2. The van der Waals surface area contributed by atoms with Gasteiger partial charge in [0.2, 0.25) is 5.91 Å². The second kappa shape index (κ2) is 7.21. The highest BCUT2D eigenvalue weighted by atomic mass is 35.5. The number of amides is 2. The Hall–Kier alpha value is -3.18. The van der Waals surface area contributed by atoms with Gasteiger partial charge in [-0.05, 0) is 41.0 Å². The van der Waals surface area contributed by atoms with Crippen LogP contribution in [0.5, 0.6) is 0 Å². The minimum Gasteiger partial charge on any atom is -0.340 e. The first-order chi connectivity index (χ1) is 13.1. The number of hydrogen-bond acceptors (Lipinski definition) is 3. The van der Waals surface area contributed by atoms with Crippen molar-refractivity contribution in [1.82, 2.24) is 10.3 Å². The Morgan fingerprint density at radius 1 is 1.00 bits per heavy atom. The molecule has 0 fully saturated rings. The highest BCUT2D eigenvalue weighted by Crippen LogP contribution is 2.24. The lowest BCUT2D eigenvalue weighted by atomic mass is 10.0. The Morgan fingerprint density at radius 3 is 2.56 bits per heavy atom. The highest BCUT2D eigenvalue weighted by Gasteiger charge is 2.28. The van der Waals surface area contributed by atoms with Crippen molar-refractivity contribution >= 4 is 29.1 Å². The molecule has 3 aromatic rings. The molecule has 0 spiro atoms. The first-order valence-electron chi connectivity index (χ1n) is 8.51. The summed E-state index contributed by atoms with van der Waals surface area (Å²) in [6, 6.07) is 15.9.